The molecule has 6 heteroatoms. The van der Waals surface area contributed by atoms with Crippen LogP contribution in [0.15, 0.2) is 152 Å². The highest BCUT2D eigenvalue weighted by atomic mass is 32.4. The summed E-state index contributed by atoms with van der Waals surface area (Å²) < 4.78 is 14.0. The molecule has 2 aromatic heterocycles. The van der Waals surface area contributed by atoms with Crippen molar-refractivity contribution >= 4 is 33.8 Å². The summed E-state index contributed by atoms with van der Waals surface area (Å²) in [4.78, 5) is 8.59. The lowest BCUT2D eigenvalue weighted by molar-refractivity contribution is 0.469. The van der Waals surface area contributed by atoms with Gasteiger partial charge >= 0.3 is 0 Å². The van der Waals surface area contributed by atoms with Gasteiger partial charge in [-0.1, -0.05) is 84.6 Å². The number of aromatic nitrogens is 2. The topological polar surface area (TPSA) is 44.2 Å². The summed E-state index contributed by atoms with van der Waals surface area (Å²) in [7, 11) is 0. The molecule has 2 aliphatic rings. The van der Waals surface area contributed by atoms with E-state index in [1.54, 1.807) is 0 Å². The number of pyridine rings is 2. The Labute approximate surface area is 272 Å². The molecular weight excluding hydrogens is 603 g/mol. The highest BCUT2D eigenvalue weighted by Gasteiger charge is 2.45. The second-order valence-corrected chi connectivity index (χ2v) is 15.6. The summed E-state index contributed by atoms with van der Waals surface area (Å²) >= 11 is 7.02. The van der Waals surface area contributed by atoms with Crippen molar-refractivity contribution < 1.29 is 9.47 Å². The molecule has 4 heterocycles. The van der Waals surface area contributed by atoms with Crippen molar-refractivity contribution in [3.8, 4) is 67.5 Å². The van der Waals surface area contributed by atoms with Gasteiger partial charge in [0.1, 0.15) is 23.0 Å². The van der Waals surface area contributed by atoms with Gasteiger partial charge in [-0.2, -0.15) is 0 Å². The summed E-state index contributed by atoms with van der Waals surface area (Å²) in [5.41, 5.74) is 8.30. The molecule has 0 unspecified atom stereocenters. The van der Waals surface area contributed by atoms with E-state index in [1.807, 2.05) is 61.2 Å². The van der Waals surface area contributed by atoms with Gasteiger partial charge in [0.15, 0.2) is 0 Å². The van der Waals surface area contributed by atoms with E-state index >= 15 is 0 Å². The van der Waals surface area contributed by atoms with Crippen molar-refractivity contribution in [3.63, 3.8) is 0 Å². The molecule has 5 aromatic carbocycles. The smallest absolute Gasteiger partial charge is 0.148 e. The van der Waals surface area contributed by atoms with Crippen LogP contribution in [-0.4, -0.2) is 9.97 Å². The predicted octanol–water partition coefficient (Wildman–Crippen LogP) is 9.11. The predicted molar refractivity (Wildman–Crippen MR) is 190 cm³/mol. The summed E-state index contributed by atoms with van der Waals surface area (Å²) in [5, 5.41) is 3.00. The van der Waals surface area contributed by atoms with Crippen molar-refractivity contribution in [2.75, 3.05) is 0 Å². The normalized spacial score (nSPS) is 13.4. The number of nitrogens with zero attached hydrogens (tertiary/aromatic N) is 2. The van der Waals surface area contributed by atoms with E-state index in [2.05, 4.69) is 101 Å². The molecule has 218 valence electrons. The first-order chi connectivity index (χ1) is 22.7. The summed E-state index contributed by atoms with van der Waals surface area (Å²) in [5.74, 6) is 3.07. The van der Waals surface area contributed by atoms with Crippen molar-refractivity contribution in [3.05, 3.63) is 152 Å². The highest BCUT2D eigenvalue weighted by molar-refractivity contribution is 8.26. The first-order valence-electron chi connectivity index (χ1n) is 15.1. The number of fused-ring (bicyclic) bond motifs is 4. The molecule has 46 heavy (non-hydrogen) atoms. The molecule has 0 saturated heterocycles. The largest absolute Gasteiger partial charge is 0.455 e. The molecule has 0 fully saturated rings. The number of rotatable bonds is 4. The van der Waals surface area contributed by atoms with Crippen LogP contribution in [0.3, 0.4) is 0 Å². The molecule has 0 aliphatic carbocycles. The lowest BCUT2D eigenvalue weighted by Gasteiger charge is -2.39. The highest BCUT2D eigenvalue weighted by Crippen LogP contribution is 2.62. The van der Waals surface area contributed by atoms with E-state index in [0.717, 1.165) is 83.4 Å². The first kappa shape index (κ1) is 27.0. The molecule has 7 aromatic rings. The van der Waals surface area contributed by atoms with E-state index in [9.17, 15) is 0 Å². The third-order valence-electron chi connectivity index (χ3n) is 8.74. The molecule has 2 aliphatic heterocycles. The molecule has 0 atom stereocenters. The monoisotopic (exact) mass is 628 g/mol. The van der Waals surface area contributed by atoms with Gasteiger partial charge in [0.05, 0.1) is 11.3 Å². The number of hydrogen-bond donors (Lipinski definition) is 0. The zero-order chi connectivity index (χ0) is 30.7. The van der Waals surface area contributed by atoms with Crippen LogP contribution >= 0.6 is 6.04 Å². The van der Waals surface area contributed by atoms with E-state index in [4.69, 9.17) is 21.3 Å². The minimum atomic E-state index is -2.68. The Morgan fingerprint density at radius 1 is 0.435 bits per heavy atom. The number of ether oxygens (including phenoxy) is 2. The Kier molecular flexibility index (Phi) is 6.24. The van der Waals surface area contributed by atoms with E-state index in [0.29, 0.717) is 0 Å². The van der Waals surface area contributed by atoms with E-state index in [-0.39, 0.29) is 0 Å². The maximum absolute atomic E-state index is 7.02. The van der Waals surface area contributed by atoms with Crippen LogP contribution in [0.2, 0.25) is 0 Å². The van der Waals surface area contributed by atoms with Crippen LogP contribution in [-0.2, 0) is 11.8 Å². The second-order valence-electron chi connectivity index (χ2n) is 11.4. The lowest BCUT2D eigenvalue weighted by Crippen LogP contribution is -2.35. The minimum Gasteiger partial charge on any atom is -0.455 e. The maximum atomic E-state index is 7.02. The van der Waals surface area contributed by atoms with Crippen molar-refractivity contribution in [1.82, 2.24) is 9.97 Å². The maximum Gasteiger partial charge on any atom is 0.148 e. The van der Waals surface area contributed by atoms with Gasteiger partial charge in [-0.25, -0.2) is 0 Å². The quantitative estimate of drug-likeness (QED) is 0.182. The number of benzene rings is 5. The standard InChI is InChI=1S/C40H25N2O2PS/c46-45-36-13-11-30(26-7-3-1-4-8-26)23-34(36)43-38-32(28-15-19-41-20-16-28)25-33(29-17-21-42-22-18-29)39(40(38)45)44-35-24-31(12-14-37(35)45)27-9-5-2-6-10-27/h1-25H. The second kappa shape index (κ2) is 10.6. The number of hydrogen-bond acceptors (Lipinski definition) is 5. The van der Waals surface area contributed by atoms with Crippen molar-refractivity contribution in [1.29, 1.82) is 0 Å². The Bertz CT molecular complexity index is 2170. The summed E-state index contributed by atoms with van der Waals surface area (Å²) in [6.07, 6.45) is 7.24. The Hall–Kier alpha value is -5.35. The molecule has 9 rings (SSSR count). The van der Waals surface area contributed by atoms with Gasteiger partial charge in [-0.3, -0.25) is 9.97 Å². The molecule has 0 amide bonds. The Balaban J connectivity index is 1.37. The molecule has 0 radical (unpaired) electrons. The van der Waals surface area contributed by atoms with Crippen LogP contribution in [0.25, 0.3) is 44.5 Å². The van der Waals surface area contributed by atoms with Gasteiger partial charge in [-0.05, 0) is 88.0 Å². The van der Waals surface area contributed by atoms with E-state index in [1.165, 1.54) is 0 Å². The fourth-order valence-electron chi connectivity index (χ4n) is 6.54. The zero-order valence-corrected chi connectivity index (χ0v) is 26.2. The molecule has 0 bridgehead atoms. The van der Waals surface area contributed by atoms with E-state index < -0.39 is 6.04 Å². The molecule has 0 saturated carbocycles. The molecular formula is C40H25N2O2PS. The van der Waals surface area contributed by atoms with Crippen LogP contribution in [0.1, 0.15) is 0 Å². The van der Waals surface area contributed by atoms with Crippen LogP contribution in [0.4, 0.5) is 0 Å². The first-order valence-corrected chi connectivity index (χ1v) is 17.9. The van der Waals surface area contributed by atoms with Gasteiger partial charge in [0.2, 0.25) is 0 Å². The molecule has 4 nitrogen and oxygen atoms in total. The zero-order valence-electron chi connectivity index (χ0n) is 24.5. The Morgan fingerprint density at radius 2 is 0.870 bits per heavy atom. The third kappa shape index (κ3) is 4.17. The lowest BCUT2D eigenvalue weighted by atomic mass is 9.97. The average molecular weight is 629 g/mol. The minimum absolute atomic E-state index is 0.748. The van der Waals surface area contributed by atoms with Gasteiger partial charge < -0.3 is 9.47 Å². The van der Waals surface area contributed by atoms with Crippen molar-refractivity contribution in [2.24, 2.45) is 0 Å². The summed E-state index contributed by atoms with van der Waals surface area (Å²) in [6.45, 7) is 0. The third-order valence-corrected chi connectivity index (χ3v) is 13.6. The van der Waals surface area contributed by atoms with Gasteiger partial charge in [0.25, 0.3) is 0 Å². The SMILES string of the molecule is S=P12c3ccc(-c4ccccc4)cc3Oc3c(-c4ccncc4)cc(-c4ccncc4)c(c31)Oc1cc(-c3ccccc3)ccc12. The van der Waals surface area contributed by atoms with Crippen molar-refractivity contribution in [2.45, 2.75) is 0 Å². The van der Waals surface area contributed by atoms with Crippen LogP contribution < -0.4 is 25.4 Å². The average Bonchev–Trinajstić information content (AvgIpc) is 3.13. The fourth-order valence-corrected chi connectivity index (χ4v) is 11.0. The van der Waals surface area contributed by atoms with Gasteiger partial charge in [-0.15, -0.1) is 0 Å². The molecule has 0 spiro atoms. The fraction of sp³-hybridized carbons (Fsp3) is 0. The molecule has 0 N–H and O–H groups in total. The summed E-state index contributed by atoms with van der Waals surface area (Å²) in [6, 6.07) is 41.3. The van der Waals surface area contributed by atoms with Crippen LogP contribution in [0.5, 0.6) is 23.0 Å². The van der Waals surface area contributed by atoms with Gasteiger partial charge in [0, 0.05) is 46.5 Å². The van der Waals surface area contributed by atoms with Crippen LogP contribution in [0, 0.1) is 0 Å². The Morgan fingerprint density at radius 3 is 1.30 bits per heavy atom.